The molecule has 0 saturated carbocycles. The highest BCUT2D eigenvalue weighted by atomic mass is 16.1. The number of anilines is 1. The molecule has 0 aliphatic heterocycles. The summed E-state index contributed by atoms with van der Waals surface area (Å²) in [4.78, 5) is 24.0. The van der Waals surface area contributed by atoms with E-state index >= 15 is 0 Å². The molecule has 1 aromatic rings. The first-order valence-corrected chi connectivity index (χ1v) is 5.47. The quantitative estimate of drug-likeness (QED) is 0.576. The molecule has 0 N–H and O–H groups in total. The van der Waals surface area contributed by atoms with E-state index in [4.69, 9.17) is 0 Å². The van der Waals surface area contributed by atoms with Crippen molar-refractivity contribution in [3.8, 4) is 0 Å². The van der Waals surface area contributed by atoms with Crippen molar-refractivity contribution in [3.63, 3.8) is 0 Å². The minimum atomic E-state index is -0.158. The third-order valence-corrected chi connectivity index (χ3v) is 2.29. The van der Waals surface area contributed by atoms with Gasteiger partial charge in [0.15, 0.2) is 5.78 Å². The molecule has 0 unspecified atom stereocenters. The van der Waals surface area contributed by atoms with Crippen LogP contribution in [0.4, 0.5) is 5.69 Å². The Kier molecular flexibility index (Phi) is 4.64. The fourth-order valence-electron chi connectivity index (χ4n) is 1.38. The number of benzene rings is 1. The number of nitrogens with zero attached hydrogens (tertiary/aromatic N) is 1. The van der Waals surface area contributed by atoms with Crippen LogP contribution >= 0.6 is 0 Å². The maximum absolute atomic E-state index is 11.3. The zero-order valence-corrected chi connectivity index (χ0v) is 10.4. The molecule has 3 heteroatoms. The molecule has 17 heavy (non-hydrogen) atoms. The van der Waals surface area contributed by atoms with Gasteiger partial charge in [0.2, 0.25) is 0 Å². The van der Waals surface area contributed by atoms with E-state index in [-0.39, 0.29) is 18.0 Å². The first kappa shape index (κ1) is 13.2. The fourth-order valence-corrected chi connectivity index (χ4v) is 1.38. The molecule has 0 heterocycles. The Morgan fingerprint density at radius 1 is 1.18 bits per heavy atom. The average Bonchev–Trinajstić information content (AvgIpc) is 2.26. The molecule has 1 aromatic carbocycles. The molecule has 90 valence electrons. The number of carbonyl (C=O) groups is 2. The second-order valence-electron chi connectivity index (χ2n) is 4.16. The zero-order valence-electron chi connectivity index (χ0n) is 10.4. The van der Waals surface area contributed by atoms with E-state index in [9.17, 15) is 9.59 Å². The van der Waals surface area contributed by atoms with Gasteiger partial charge in [-0.3, -0.25) is 9.59 Å². The van der Waals surface area contributed by atoms with Gasteiger partial charge in [-0.05, 0) is 30.7 Å². The largest absolute Gasteiger partial charge is 0.378 e. The van der Waals surface area contributed by atoms with Gasteiger partial charge in [-0.1, -0.05) is 18.2 Å². The Hall–Kier alpha value is -1.90. The van der Waals surface area contributed by atoms with Crippen molar-refractivity contribution in [2.45, 2.75) is 13.3 Å². The van der Waals surface area contributed by atoms with Gasteiger partial charge >= 0.3 is 0 Å². The van der Waals surface area contributed by atoms with Crippen molar-refractivity contribution < 1.29 is 9.59 Å². The molecule has 0 fully saturated rings. The molecule has 0 aromatic heterocycles. The minimum Gasteiger partial charge on any atom is -0.378 e. The monoisotopic (exact) mass is 231 g/mol. The lowest BCUT2D eigenvalue weighted by Crippen LogP contribution is -2.07. The van der Waals surface area contributed by atoms with Crippen LogP contribution < -0.4 is 4.90 Å². The zero-order chi connectivity index (χ0) is 12.8. The third-order valence-electron chi connectivity index (χ3n) is 2.29. The molecule has 0 atom stereocenters. The summed E-state index contributed by atoms with van der Waals surface area (Å²) in [5, 5.41) is 0. The molecular weight excluding hydrogens is 214 g/mol. The first-order chi connectivity index (χ1) is 7.99. The summed E-state index contributed by atoms with van der Waals surface area (Å²) in [5.41, 5.74) is 2.06. The van der Waals surface area contributed by atoms with Crippen LogP contribution in [0.3, 0.4) is 0 Å². The smallest absolute Gasteiger partial charge is 0.163 e. The Labute approximate surface area is 102 Å². The molecular formula is C14H17NO2. The molecule has 0 spiro atoms. The summed E-state index contributed by atoms with van der Waals surface area (Å²) in [6.07, 6.45) is 3.16. The van der Waals surface area contributed by atoms with Gasteiger partial charge in [-0.2, -0.15) is 0 Å². The highest BCUT2D eigenvalue weighted by Gasteiger charge is 2.00. The molecule has 0 amide bonds. The summed E-state index contributed by atoms with van der Waals surface area (Å²) in [7, 11) is 3.95. The van der Waals surface area contributed by atoms with Crippen molar-refractivity contribution >= 4 is 23.3 Å². The maximum Gasteiger partial charge on any atom is 0.163 e. The van der Waals surface area contributed by atoms with E-state index in [1.54, 1.807) is 6.08 Å². The normalized spacial score (nSPS) is 10.5. The standard InChI is InChI=1S/C14H17NO2/c1-11(16)10-14(17)9-6-12-4-7-13(8-5-12)15(2)3/h4-9H,10H2,1-3H3. The Bertz CT molecular complexity index is 430. The summed E-state index contributed by atoms with van der Waals surface area (Å²) >= 11 is 0. The lowest BCUT2D eigenvalue weighted by molar-refractivity contribution is -0.123. The number of Topliss-reactive ketones (excluding diaryl/α,β-unsaturated/α-hetero) is 1. The van der Waals surface area contributed by atoms with Crippen LogP contribution in [0, 0.1) is 0 Å². The predicted octanol–water partition coefficient (Wildman–Crippen LogP) is 2.31. The van der Waals surface area contributed by atoms with Crippen molar-refractivity contribution in [2.75, 3.05) is 19.0 Å². The summed E-state index contributed by atoms with van der Waals surface area (Å²) < 4.78 is 0. The van der Waals surface area contributed by atoms with Gasteiger partial charge in [0.25, 0.3) is 0 Å². The van der Waals surface area contributed by atoms with Crippen LogP contribution in [0.1, 0.15) is 18.9 Å². The van der Waals surface area contributed by atoms with Crippen molar-refractivity contribution in [1.82, 2.24) is 0 Å². The van der Waals surface area contributed by atoms with Crippen LogP contribution in [-0.2, 0) is 9.59 Å². The van der Waals surface area contributed by atoms with Gasteiger partial charge in [-0.15, -0.1) is 0 Å². The number of allylic oxidation sites excluding steroid dienone is 1. The number of carbonyl (C=O) groups excluding carboxylic acids is 2. The van der Waals surface area contributed by atoms with E-state index in [0.717, 1.165) is 11.3 Å². The molecule has 1 rings (SSSR count). The first-order valence-electron chi connectivity index (χ1n) is 5.47. The van der Waals surface area contributed by atoms with Gasteiger partial charge < -0.3 is 4.90 Å². The molecule has 0 aliphatic carbocycles. The lowest BCUT2D eigenvalue weighted by atomic mass is 10.1. The molecule has 0 bridgehead atoms. The number of hydrogen-bond acceptors (Lipinski definition) is 3. The highest BCUT2D eigenvalue weighted by Crippen LogP contribution is 2.13. The van der Waals surface area contributed by atoms with E-state index < -0.39 is 0 Å². The van der Waals surface area contributed by atoms with Crippen molar-refractivity contribution in [3.05, 3.63) is 35.9 Å². The molecule has 0 radical (unpaired) electrons. The van der Waals surface area contributed by atoms with Crippen LogP contribution in [-0.4, -0.2) is 25.7 Å². The second kappa shape index (κ2) is 5.99. The number of ketones is 2. The summed E-state index contributed by atoms with van der Waals surface area (Å²) in [6, 6.07) is 7.84. The lowest BCUT2D eigenvalue weighted by Gasteiger charge is -2.11. The molecule has 0 aliphatic rings. The van der Waals surface area contributed by atoms with Crippen molar-refractivity contribution in [2.24, 2.45) is 0 Å². The van der Waals surface area contributed by atoms with E-state index in [1.807, 2.05) is 43.3 Å². The average molecular weight is 231 g/mol. The number of rotatable bonds is 5. The van der Waals surface area contributed by atoms with E-state index in [2.05, 4.69) is 0 Å². The van der Waals surface area contributed by atoms with Gasteiger partial charge in [-0.25, -0.2) is 0 Å². The topological polar surface area (TPSA) is 37.4 Å². The van der Waals surface area contributed by atoms with Crippen LogP contribution in [0.25, 0.3) is 6.08 Å². The Morgan fingerprint density at radius 2 is 1.76 bits per heavy atom. The van der Waals surface area contributed by atoms with Crippen LogP contribution in [0.5, 0.6) is 0 Å². The minimum absolute atomic E-state index is 0.0215. The van der Waals surface area contributed by atoms with Gasteiger partial charge in [0, 0.05) is 19.8 Å². The second-order valence-corrected chi connectivity index (χ2v) is 4.16. The van der Waals surface area contributed by atoms with Crippen LogP contribution in [0.15, 0.2) is 30.3 Å². The predicted molar refractivity (Wildman–Crippen MR) is 70.1 cm³/mol. The maximum atomic E-state index is 11.3. The number of hydrogen-bond donors (Lipinski definition) is 0. The highest BCUT2D eigenvalue weighted by molar-refractivity contribution is 6.05. The van der Waals surface area contributed by atoms with Crippen LogP contribution in [0.2, 0.25) is 0 Å². The summed E-state index contributed by atoms with van der Waals surface area (Å²) in [6.45, 7) is 1.41. The molecule has 3 nitrogen and oxygen atoms in total. The third kappa shape index (κ3) is 4.64. The Balaban J connectivity index is 2.66. The van der Waals surface area contributed by atoms with E-state index in [1.165, 1.54) is 13.0 Å². The fraction of sp³-hybridized carbons (Fsp3) is 0.286. The van der Waals surface area contributed by atoms with E-state index in [0.29, 0.717) is 0 Å². The SMILES string of the molecule is CC(=O)CC(=O)C=Cc1ccc(N(C)C)cc1. The Morgan fingerprint density at radius 3 is 2.24 bits per heavy atom. The van der Waals surface area contributed by atoms with Crippen molar-refractivity contribution in [1.29, 1.82) is 0 Å². The van der Waals surface area contributed by atoms with Gasteiger partial charge in [0.1, 0.15) is 5.78 Å². The molecule has 0 saturated heterocycles. The van der Waals surface area contributed by atoms with Gasteiger partial charge in [0.05, 0.1) is 6.42 Å². The summed E-state index contributed by atoms with van der Waals surface area (Å²) in [5.74, 6) is -0.267.